The van der Waals surface area contributed by atoms with Gasteiger partial charge in [0.25, 0.3) is 0 Å². The molecule has 1 atom stereocenters. The van der Waals surface area contributed by atoms with Crippen molar-refractivity contribution in [1.82, 2.24) is 5.43 Å². The van der Waals surface area contributed by atoms with Gasteiger partial charge < -0.3 is 9.84 Å². The van der Waals surface area contributed by atoms with Crippen LogP contribution in [-0.4, -0.2) is 28.9 Å². The molecule has 5 nitrogen and oxygen atoms in total. The normalized spacial score (nSPS) is 18.7. The second kappa shape index (κ2) is 6.08. The molecular weight excluding hydrogens is 280 g/mol. The molecule has 1 amide bonds. The first-order valence-corrected chi connectivity index (χ1v) is 7.50. The van der Waals surface area contributed by atoms with Crippen LogP contribution in [0.3, 0.4) is 0 Å². The minimum absolute atomic E-state index is 0.0465. The quantitative estimate of drug-likeness (QED) is 0.896. The van der Waals surface area contributed by atoms with Crippen LogP contribution in [0.5, 0.6) is 5.75 Å². The lowest BCUT2D eigenvalue weighted by Crippen LogP contribution is -2.32. The Morgan fingerprint density at radius 1 is 1.36 bits per heavy atom. The number of nitrogens with one attached hydrogen (secondary N) is 1. The van der Waals surface area contributed by atoms with Crippen LogP contribution in [0.25, 0.3) is 0 Å². The second-order valence-electron chi connectivity index (χ2n) is 6.68. The first-order chi connectivity index (χ1) is 10.2. The zero-order valence-corrected chi connectivity index (χ0v) is 13.9. The molecule has 1 heterocycles. The molecule has 1 aliphatic rings. The highest BCUT2D eigenvalue weighted by atomic mass is 16.5. The van der Waals surface area contributed by atoms with Gasteiger partial charge in [0.05, 0.1) is 11.3 Å². The lowest BCUT2D eigenvalue weighted by atomic mass is 9.92. The summed E-state index contributed by atoms with van der Waals surface area (Å²) in [4.78, 5) is 11.4. The number of carbonyl (C=O) groups excluding carboxylic acids is 1. The van der Waals surface area contributed by atoms with Crippen LogP contribution < -0.4 is 10.2 Å². The summed E-state index contributed by atoms with van der Waals surface area (Å²) in [5.41, 5.74) is 5.54. The van der Waals surface area contributed by atoms with Gasteiger partial charge in [-0.25, -0.2) is 5.43 Å². The molecule has 0 spiro atoms. The fourth-order valence-corrected chi connectivity index (χ4v) is 2.58. The van der Waals surface area contributed by atoms with Crippen LogP contribution >= 0.6 is 0 Å². The molecule has 2 rings (SSSR count). The fourth-order valence-electron chi connectivity index (χ4n) is 2.58. The minimum Gasteiger partial charge on any atom is -0.490 e. The molecule has 0 aliphatic carbocycles. The zero-order valence-electron chi connectivity index (χ0n) is 13.9. The summed E-state index contributed by atoms with van der Waals surface area (Å²) in [6.07, 6.45) is 0.452. The number of benzene rings is 1. The molecule has 0 fully saturated rings. The molecule has 0 saturated heterocycles. The third kappa shape index (κ3) is 3.85. The molecular formula is C17H24N2O3. The second-order valence-corrected chi connectivity index (χ2v) is 6.68. The summed E-state index contributed by atoms with van der Waals surface area (Å²) < 4.78 is 5.76. The van der Waals surface area contributed by atoms with E-state index in [0.717, 1.165) is 28.2 Å². The van der Waals surface area contributed by atoms with Crippen LogP contribution in [-0.2, 0) is 4.79 Å². The van der Waals surface area contributed by atoms with Gasteiger partial charge in [0.2, 0.25) is 5.91 Å². The number of ether oxygens (including phenoxy) is 1. The average Bonchev–Trinajstić information content (AvgIpc) is 2.36. The van der Waals surface area contributed by atoms with Gasteiger partial charge in [-0.3, -0.25) is 4.79 Å². The molecule has 0 bridgehead atoms. The molecule has 120 valence electrons. The first kappa shape index (κ1) is 16.5. The standard InChI is InChI=1S/C17H24N2O3/c1-10-8-14(20)18-19-15(10)13-6-11(2)16(12(3)7-13)22-9-17(4,5)21/h6-7,10,21H,8-9H2,1-5H3,(H,18,20). The van der Waals surface area contributed by atoms with Gasteiger partial charge in [0.1, 0.15) is 12.4 Å². The predicted molar refractivity (Wildman–Crippen MR) is 86.2 cm³/mol. The summed E-state index contributed by atoms with van der Waals surface area (Å²) >= 11 is 0. The number of hydrazone groups is 1. The molecule has 2 N–H and O–H groups in total. The number of hydrogen-bond donors (Lipinski definition) is 2. The van der Waals surface area contributed by atoms with E-state index in [1.807, 2.05) is 32.9 Å². The van der Waals surface area contributed by atoms with Gasteiger partial charge >= 0.3 is 0 Å². The number of nitrogens with zero attached hydrogens (tertiary/aromatic N) is 1. The van der Waals surface area contributed by atoms with Crippen molar-refractivity contribution in [3.63, 3.8) is 0 Å². The van der Waals surface area contributed by atoms with Crippen molar-refractivity contribution in [2.24, 2.45) is 11.0 Å². The lowest BCUT2D eigenvalue weighted by molar-refractivity contribution is -0.121. The maximum atomic E-state index is 11.4. The summed E-state index contributed by atoms with van der Waals surface area (Å²) in [5, 5.41) is 14.0. The summed E-state index contributed by atoms with van der Waals surface area (Å²) in [7, 11) is 0. The maximum Gasteiger partial charge on any atom is 0.240 e. The molecule has 0 aromatic heterocycles. The molecule has 5 heteroatoms. The van der Waals surface area contributed by atoms with E-state index in [2.05, 4.69) is 10.5 Å². The lowest BCUT2D eigenvalue weighted by Gasteiger charge is -2.23. The summed E-state index contributed by atoms with van der Waals surface area (Å²) in [6.45, 7) is 9.62. The van der Waals surface area contributed by atoms with Crippen LogP contribution in [0.4, 0.5) is 0 Å². The van der Waals surface area contributed by atoms with E-state index in [-0.39, 0.29) is 18.4 Å². The van der Waals surface area contributed by atoms with E-state index in [4.69, 9.17) is 4.74 Å². The topological polar surface area (TPSA) is 70.9 Å². The average molecular weight is 304 g/mol. The van der Waals surface area contributed by atoms with Gasteiger partial charge in [-0.05, 0) is 56.5 Å². The third-order valence-corrected chi connectivity index (χ3v) is 3.59. The molecule has 1 aromatic rings. The highest BCUT2D eigenvalue weighted by Crippen LogP contribution is 2.28. The monoisotopic (exact) mass is 304 g/mol. The highest BCUT2D eigenvalue weighted by Gasteiger charge is 2.23. The SMILES string of the molecule is Cc1cc(C2=NNC(=O)CC2C)cc(C)c1OCC(C)(C)O. The van der Waals surface area contributed by atoms with Crippen molar-refractivity contribution >= 4 is 11.6 Å². The van der Waals surface area contributed by atoms with Crippen molar-refractivity contribution in [1.29, 1.82) is 0 Å². The largest absolute Gasteiger partial charge is 0.490 e. The molecule has 0 radical (unpaired) electrons. The Kier molecular flexibility index (Phi) is 4.56. The molecule has 1 unspecified atom stereocenters. The molecule has 1 aromatic carbocycles. The van der Waals surface area contributed by atoms with E-state index < -0.39 is 5.60 Å². The van der Waals surface area contributed by atoms with Crippen molar-refractivity contribution in [2.45, 2.75) is 46.6 Å². The molecule has 0 saturated carbocycles. The smallest absolute Gasteiger partial charge is 0.240 e. The molecule has 22 heavy (non-hydrogen) atoms. The Bertz CT molecular complexity index is 592. The summed E-state index contributed by atoms with van der Waals surface area (Å²) in [6, 6.07) is 4.03. The maximum absolute atomic E-state index is 11.4. The minimum atomic E-state index is -0.871. The fraction of sp³-hybridized carbons (Fsp3) is 0.529. The van der Waals surface area contributed by atoms with Gasteiger partial charge in [0.15, 0.2) is 0 Å². The Hall–Kier alpha value is -1.88. The third-order valence-electron chi connectivity index (χ3n) is 3.59. The van der Waals surface area contributed by atoms with Crippen LogP contribution in [0.1, 0.15) is 43.9 Å². The first-order valence-electron chi connectivity index (χ1n) is 7.50. The van der Waals surface area contributed by atoms with Crippen molar-refractivity contribution in [2.75, 3.05) is 6.61 Å². The van der Waals surface area contributed by atoms with E-state index in [9.17, 15) is 9.90 Å². The van der Waals surface area contributed by atoms with Crippen molar-refractivity contribution in [3.05, 3.63) is 28.8 Å². The van der Waals surface area contributed by atoms with Gasteiger partial charge in [0, 0.05) is 12.3 Å². The number of amides is 1. The predicted octanol–water partition coefficient (Wildman–Crippen LogP) is 2.31. The Labute approximate surface area is 131 Å². The highest BCUT2D eigenvalue weighted by molar-refractivity contribution is 6.06. The van der Waals surface area contributed by atoms with Crippen LogP contribution in [0, 0.1) is 19.8 Å². The van der Waals surface area contributed by atoms with Gasteiger partial charge in [-0.15, -0.1) is 0 Å². The van der Waals surface area contributed by atoms with Crippen molar-refractivity contribution < 1.29 is 14.6 Å². The van der Waals surface area contributed by atoms with Gasteiger partial charge in [-0.2, -0.15) is 5.10 Å². The van der Waals surface area contributed by atoms with Crippen LogP contribution in [0.15, 0.2) is 17.2 Å². The Balaban J connectivity index is 2.28. The Morgan fingerprint density at radius 2 is 1.95 bits per heavy atom. The van der Waals surface area contributed by atoms with Crippen molar-refractivity contribution in [3.8, 4) is 5.75 Å². The number of aryl methyl sites for hydroxylation is 2. The van der Waals surface area contributed by atoms with Gasteiger partial charge in [-0.1, -0.05) is 6.92 Å². The van der Waals surface area contributed by atoms with E-state index in [1.165, 1.54) is 0 Å². The summed E-state index contributed by atoms with van der Waals surface area (Å²) in [5.74, 6) is 0.837. The number of rotatable bonds is 4. The Morgan fingerprint density at radius 3 is 2.45 bits per heavy atom. The zero-order chi connectivity index (χ0) is 16.5. The van der Waals surface area contributed by atoms with Crippen LogP contribution in [0.2, 0.25) is 0 Å². The number of hydrogen-bond acceptors (Lipinski definition) is 4. The number of aliphatic hydroxyl groups is 1. The number of carbonyl (C=O) groups is 1. The van der Waals surface area contributed by atoms with E-state index >= 15 is 0 Å². The molecule has 1 aliphatic heterocycles. The van der Waals surface area contributed by atoms with E-state index in [0.29, 0.717) is 6.42 Å². The van der Waals surface area contributed by atoms with E-state index in [1.54, 1.807) is 13.8 Å².